The van der Waals surface area contributed by atoms with Crippen molar-refractivity contribution in [1.82, 2.24) is 4.98 Å². The van der Waals surface area contributed by atoms with E-state index in [-0.39, 0.29) is 0 Å². The Balaban J connectivity index is 2.40. The van der Waals surface area contributed by atoms with Crippen molar-refractivity contribution >= 4 is 10.8 Å². The van der Waals surface area contributed by atoms with Crippen molar-refractivity contribution in [1.29, 1.82) is 0 Å². The number of benzene rings is 1. The molecule has 1 aromatic heterocycles. The maximum Gasteiger partial charge on any atom is 0.233 e. The Hall–Kier alpha value is -1.88. The standard InChI is InChI=1S/C14H15NO3S/c1-10-4-6-11(7-5-10)19(16)12-8-9-13(17-2)15-14(12)18-3/h4-9H,1-3H3. The molecule has 1 aromatic carbocycles. The van der Waals surface area contributed by atoms with Gasteiger partial charge in [0.15, 0.2) is 0 Å². The van der Waals surface area contributed by atoms with E-state index < -0.39 is 10.8 Å². The van der Waals surface area contributed by atoms with Crippen molar-refractivity contribution in [3.8, 4) is 11.8 Å². The van der Waals surface area contributed by atoms with Gasteiger partial charge in [-0.1, -0.05) is 17.7 Å². The van der Waals surface area contributed by atoms with E-state index in [0.717, 1.165) is 10.5 Å². The van der Waals surface area contributed by atoms with Crippen LogP contribution in [0.15, 0.2) is 46.2 Å². The zero-order valence-electron chi connectivity index (χ0n) is 11.0. The molecule has 1 atom stereocenters. The lowest BCUT2D eigenvalue weighted by Crippen LogP contribution is -2.00. The zero-order chi connectivity index (χ0) is 13.8. The summed E-state index contributed by atoms with van der Waals surface area (Å²) in [6.07, 6.45) is 0. The average Bonchev–Trinajstić information content (AvgIpc) is 2.46. The Labute approximate surface area is 114 Å². The van der Waals surface area contributed by atoms with Crippen LogP contribution in [-0.4, -0.2) is 23.4 Å². The molecule has 2 aromatic rings. The molecule has 0 bridgehead atoms. The van der Waals surface area contributed by atoms with Crippen LogP contribution in [0, 0.1) is 6.92 Å². The number of hydrogen-bond acceptors (Lipinski definition) is 4. The smallest absolute Gasteiger partial charge is 0.233 e. The highest BCUT2D eigenvalue weighted by atomic mass is 32.2. The lowest BCUT2D eigenvalue weighted by Gasteiger charge is -2.09. The minimum Gasteiger partial charge on any atom is -0.481 e. The molecule has 0 fully saturated rings. The van der Waals surface area contributed by atoms with Crippen LogP contribution in [0.1, 0.15) is 5.56 Å². The maximum atomic E-state index is 12.5. The number of aryl methyl sites for hydroxylation is 1. The topological polar surface area (TPSA) is 48.4 Å². The van der Waals surface area contributed by atoms with Gasteiger partial charge in [-0.2, -0.15) is 4.98 Å². The van der Waals surface area contributed by atoms with E-state index in [1.54, 1.807) is 12.1 Å². The van der Waals surface area contributed by atoms with Gasteiger partial charge in [0.1, 0.15) is 4.90 Å². The minimum absolute atomic E-state index is 0.318. The molecule has 0 radical (unpaired) electrons. The van der Waals surface area contributed by atoms with Gasteiger partial charge in [0.05, 0.1) is 25.0 Å². The van der Waals surface area contributed by atoms with Crippen LogP contribution in [-0.2, 0) is 10.8 Å². The monoisotopic (exact) mass is 277 g/mol. The lowest BCUT2D eigenvalue weighted by atomic mass is 10.2. The average molecular weight is 277 g/mol. The van der Waals surface area contributed by atoms with Gasteiger partial charge in [-0.05, 0) is 25.1 Å². The predicted molar refractivity (Wildman–Crippen MR) is 73.2 cm³/mol. The molecule has 0 amide bonds. The van der Waals surface area contributed by atoms with Crippen molar-refractivity contribution in [3.63, 3.8) is 0 Å². The summed E-state index contributed by atoms with van der Waals surface area (Å²) in [6, 6.07) is 10.9. The largest absolute Gasteiger partial charge is 0.481 e. The molecule has 5 heteroatoms. The third-order valence-corrected chi connectivity index (χ3v) is 4.05. The summed E-state index contributed by atoms with van der Waals surface area (Å²) >= 11 is 0. The second-order valence-corrected chi connectivity index (χ2v) is 5.39. The van der Waals surface area contributed by atoms with Gasteiger partial charge in [-0.15, -0.1) is 0 Å². The van der Waals surface area contributed by atoms with Gasteiger partial charge < -0.3 is 9.47 Å². The third kappa shape index (κ3) is 2.93. The maximum absolute atomic E-state index is 12.5. The van der Waals surface area contributed by atoms with Crippen molar-refractivity contribution in [3.05, 3.63) is 42.0 Å². The summed E-state index contributed by atoms with van der Waals surface area (Å²) < 4.78 is 22.7. The Morgan fingerprint density at radius 3 is 2.26 bits per heavy atom. The molecule has 19 heavy (non-hydrogen) atoms. The molecule has 0 saturated heterocycles. The fourth-order valence-corrected chi connectivity index (χ4v) is 2.72. The van der Waals surface area contributed by atoms with E-state index in [9.17, 15) is 4.21 Å². The molecule has 0 aliphatic rings. The lowest BCUT2D eigenvalue weighted by molar-refractivity contribution is 0.357. The Morgan fingerprint density at radius 2 is 1.68 bits per heavy atom. The predicted octanol–water partition coefficient (Wildman–Crippen LogP) is 2.57. The molecule has 0 spiro atoms. The molecule has 0 N–H and O–H groups in total. The van der Waals surface area contributed by atoms with E-state index in [1.807, 2.05) is 31.2 Å². The molecule has 1 heterocycles. The number of ether oxygens (including phenoxy) is 2. The van der Waals surface area contributed by atoms with Crippen molar-refractivity contribution in [2.24, 2.45) is 0 Å². The fourth-order valence-electron chi connectivity index (χ4n) is 1.60. The SMILES string of the molecule is COc1ccc(S(=O)c2ccc(C)cc2)c(OC)n1. The van der Waals surface area contributed by atoms with Gasteiger partial charge in [0.25, 0.3) is 0 Å². The fraction of sp³-hybridized carbons (Fsp3) is 0.214. The summed E-state index contributed by atoms with van der Waals surface area (Å²) in [5, 5.41) is 0. The summed E-state index contributed by atoms with van der Waals surface area (Å²) in [5.41, 5.74) is 1.13. The molecule has 0 aliphatic carbocycles. The van der Waals surface area contributed by atoms with Crippen LogP contribution in [0.2, 0.25) is 0 Å². The van der Waals surface area contributed by atoms with Crippen LogP contribution >= 0.6 is 0 Å². The first-order chi connectivity index (χ1) is 9.15. The van der Waals surface area contributed by atoms with Gasteiger partial charge in [-0.25, -0.2) is 4.21 Å². The molecule has 2 rings (SSSR count). The second kappa shape index (κ2) is 5.84. The first-order valence-corrected chi connectivity index (χ1v) is 6.88. The van der Waals surface area contributed by atoms with E-state index in [2.05, 4.69) is 4.98 Å². The highest BCUT2D eigenvalue weighted by Gasteiger charge is 2.15. The number of hydrogen-bond donors (Lipinski definition) is 0. The van der Waals surface area contributed by atoms with Gasteiger partial charge in [0, 0.05) is 11.0 Å². The Kier molecular flexibility index (Phi) is 4.16. The highest BCUT2D eigenvalue weighted by Crippen LogP contribution is 2.26. The number of nitrogens with zero attached hydrogens (tertiary/aromatic N) is 1. The molecule has 0 saturated carbocycles. The van der Waals surface area contributed by atoms with E-state index in [4.69, 9.17) is 9.47 Å². The summed E-state index contributed by atoms with van der Waals surface area (Å²) in [7, 11) is 1.70. The Morgan fingerprint density at radius 1 is 1.00 bits per heavy atom. The quantitative estimate of drug-likeness (QED) is 0.862. The normalized spacial score (nSPS) is 11.9. The van der Waals surface area contributed by atoms with E-state index >= 15 is 0 Å². The molecule has 4 nitrogen and oxygen atoms in total. The van der Waals surface area contributed by atoms with Crippen LogP contribution in [0.4, 0.5) is 0 Å². The number of rotatable bonds is 4. The van der Waals surface area contributed by atoms with Crippen molar-refractivity contribution < 1.29 is 13.7 Å². The molecule has 1 unspecified atom stereocenters. The summed E-state index contributed by atoms with van der Waals surface area (Å²) in [4.78, 5) is 5.39. The third-order valence-electron chi connectivity index (χ3n) is 2.64. The zero-order valence-corrected chi connectivity index (χ0v) is 11.9. The number of pyridine rings is 1. The minimum atomic E-state index is -1.32. The van der Waals surface area contributed by atoms with Gasteiger partial charge in [-0.3, -0.25) is 0 Å². The first-order valence-electron chi connectivity index (χ1n) is 5.73. The van der Waals surface area contributed by atoms with Crippen LogP contribution in [0.5, 0.6) is 11.8 Å². The van der Waals surface area contributed by atoms with E-state index in [0.29, 0.717) is 16.7 Å². The molecular formula is C14H15NO3S. The second-order valence-electron chi connectivity index (χ2n) is 3.94. The van der Waals surface area contributed by atoms with Crippen LogP contribution < -0.4 is 9.47 Å². The van der Waals surface area contributed by atoms with Gasteiger partial charge >= 0.3 is 0 Å². The van der Waals surface area contributed by atoms with Crippen LogP contribution in [0.25, 0.3) is 0 Å². The van der Waals surface area contributed by atoms with Crippen molar-refractivity contribution in [2.75, 3.05) is 14.2 Å². The highest BCUT2D eigenvalue weighted by molar-refractivity contribution is 7.85. The summed E-state index contributed by atoms with van der Waals surface area (Å²) in [6.45, 7) is 1.99. The number of methoxy groups -OCH3 is 2. The first kappa shape index (κ1) is 13.5. The van der Waals surface area contributed by atoms with Crippen LogP contribution in [0.3, 0.4) is 0 Å². The summed E-state index contributed by atoms with van der Waals surface area (Å²) in [5.74, 6) is 0.750. The number of aromatic nitrogens is 1. The van der Waals surface area contributed by atoms with Gasteiger partial charge in [0.2, 0.25) is 11.8 Å². The Bertz CT molecular complexity index is 596. The molecular weight excluding hydrogens is 262 g/mol. The van der Waals surface area contributed by atoms with E-state index in [1.165, 1.54) is 14.2 Å². The molecule has 100 valence electrons. The molecule has 0 aliphatic heterocycles. The van der Waals surface area contributed by atoms with Crippen molar-refractivity contribution in [2.45, 2.75) is 16.7 Å².